The zero-order valence-electron chi connectivity index (χ0n) is 60.2. The Morgan fingerprint density at radius 3 is 0.849 bits per heavy atom. The summed E-state index contributed by atoms with van der Waals surface area (Å²) in [4.78, 5) is 34.0. The minimum absolute atomic E-state index is 0.148. The van der Waals surface area contributed by atoms with E-state index in [0.717, 1.165) is 72.0 Å². The van der Waals surface area contributed by atoms with E-state index < -0.39 is 0 Å². The van der Waals surface area contributed by atoms with E-state index in [1.54, 1.807) is 0 Å². The maximum Gasteiger partial charge on any atom is 0.166 e. The molecule has 0 spiro atoms. The third-order valence-corrected chi connectivity index (χ3v) is 18.5. The van der Waals surface area contributed by atoms with Gasteiger partial charge in [-0.25, -0.2) is 29.9 Å². The molecular weight excluding hydrogens is 1130 g/mol. The highest BCUT2D eigenvalue weighted by Gasteiger charge is 2.30. The summed E-state index contributed by atoms with van der Waals surface area (Å²) in [5.41, 5.74) is 19.2. The number of benzene rings is 8. The molecule has 0 aliphatic carbocycles. The van der Waals surface area contributed by atoms with Gasteiger partial charge in [-0.2, -0.15) is 0 Å². The zero-order chi connectivity index (χ0) is 67.5. The van der Waals surface area contributed by atoms with Gasteiger partial charge < -0.3 is 4.57 Å². The van der Waals surface area contributed by atoms with Crippen LogP contribution >= 0.6 is 0 Å². The first-order chi connectivity index (χ1) is 43.1. The first-order valence-electron chi connectivity index (χ1n) is 33.5. The predicted octanol–water partition coefficient (Wildman–Crippen LogP) is 23.2. The van der Waals surface area contributed by atoms with Crippen LogP contribution in [0.1, 0.15) is 211 Å². The van der Waals surface area contributed by atoms with E-state index in [0.29, 0.717) is 34.9 Å². The maximum absolute atomic E-state index is 5.78. The summed E-state index contributed by atoms with van der Waals surface area (Å²) in [6.07, 6.45) is 0. The summed E-state index contributed by atoms with van der Waals surface area (Å²) in [6, 6.07) is 60.7. The highest BCUT2D eigenvalue weighted by Crippen LogP contribution is 2.44. The molecule has 478 valence electrons. The van der Waals surface area contributed by atoms with Crippen molar-refractivity contribution in [2.24, 2.45) is 0 Å². The molecule has 0 atom stereocenters. The lowest BCUT2D eigenvalue weighted by Gasteiger charge is -2.26. The number of aromatic nitrogens is 7. The maximum atomic E-state index is 5.78. The first-order valence-corrected chi connectivity index (χ1v) is 33.5. The van der Waals surface area contributed by atoms with E-state index in [-0.39, 0.29) is 43.3 Å². The predicted molar refractivity (Wildman–Crippen MR) is 395 cm³/mol. The van der Waals surface area contributed by atoms with Crippen molar-refractivity contribution in [3.63, 3.8) is 0 Å². The number of rotatable bonds is 8. The van der Waals surface area contributed by atoms with Gasteiger partial charge in [-0.3, -0.25) is 0 Å². The SMILES string of the molecule is CC(C)(C)c1cc(-c2nc(-c3cc(C(C)(C)C)cc(C(C)(C)C)c3)nc(-c3ccc(-n4c5ccccc5c5cc(-c6ccccc6)ccc54)c(-c4nc(-c5cc(C(C)(C)C)cc(C(C)(C)C)c5)nc(-c5cc(C(C)(C)C)cc(C(C)(C)C)c5)n4)c3)n2)cc(C(C)(C)C)c1. The largest absolute Gasteiger partial charge is 0.309 e. The Balaban J connectivity index is 1.29. The van der Waals surface area contributed by atoms with Gasteiger partial charge in [-0.15, -0.1) is 0 Å². The minimum Gasteiger partial charge on any atom is -0.309 e. The number of para-hydroxylation sites is 1. The molecule has 11 aromatic rings. The van der Waals surface area contributed by atoms with Crippen LogP contribution in [-0.2, 0) is 43.3 Å². The summed E-state index contributed by atoms with van der Waals surface area (Å²) in [5, 5.41) is 2.29. The molecule has 0 fully saturated rings. The number of nitrogens with zero attached hydrogens (tertiary/aromatic N) is 7. The Morgan fingerprint density at radius 2 is 0.505 bits per heavy atom. The average molecular weight is 1230 g/mol. The van der Waals surface area contributed by atoms with Gasteiger partial charge in [0.25, 0.3) is 0 Å². The molecule has 0 saturated heterocycles. The average Bonchev–Trinajstić information content (AvgIpc) is 1.66. The van der Waals surface area contributed by atoms with Crippen molar-refractivity contribution in [3.8, 4) is 85.1 Å². The number of fused-ring (bicyclic) bond motifs is 3. The van der Waals surface area contributed by atoms with E-state index in [9.17, 15) is 0 Å². The topological polar surface area (TPSA) is 82.3 Å². The molecule has 7 nitrogen and oxygen atoms in total. The van der Waals surface area contributed by atoms with Crippen molar-refractivity contribution in [2.75, 3.05) is 0 Å². The van der Waals surface area contributed by atoms with Crippen molar-refractivity contribution < 1.29 is 0 Å². The standard InChI is InChI=1S/C86H99N7/c1-79(2,3)59-38-55(39-60(48-59)80(4,5)6)74-87-73(88-75(89-74)56-40-61(81(7,8)9)49-62(41-56)82(10,11)12)54-35-37-72(93-70-33-29-28-32-67(70)68-46-53(34-36-71(68)93)52-30-26-25-27-31-52)69(47-54)78-91-76(57-42-63(83(13,14)15)50-64(43-57)84(16,17)18)90-77(92-78)58-44-65(85(19,20)21)51-66(45-58)86(22,23)24/h25-51H,1-24H3. The quantitative estimate of drug-likeness (QED) is 0.151. The second-order valence-electron chi connectivity index (χ2n) is 34.5. The second-order valence-corrected chi connectivity index (χ2v) is 34.5. The lowest BCUT2D eigenvalue weighted by Crippen LogP contribution is -2.17. The zero-order valence-corrected chi connectivity index (χ0v) is 60.2. The highest BCUT2D eigenvalue weighted by atomic mass is 15.1. The van der Waals surface area contributed by atoms with E-state index >= 15 is 0 Å². The van der Waals surface area contributed by atoms with Crippen molar-refractivity contribution >= 4 is 21.8 Å². The normalized spacial score (nSPS) is 13.2. The van der Waals surface area contributed by atoms with Gasteiger partial charge in [-0.1, -0.05) is 245 Å². The molecule has 8 aromatic carbocycles. The molecule has 3 heterocycles. The Morgan fingerprint density at radius 1 is 0.215 bits per heavy atom. The molecule has 0 bridgehead atoms. The van der Waals surface area contributed by atoms with Crippen LogP contribution in [0.25, 0.3) is 107 Å². The van der Waals surface area contributed by atoms with E-state index in [4.69, 9.17) is 29.9 Å². The van der Waals surface area contributed by atoms with Crippen molar-refractivity contribution in [1.82, 2.24) is 34.5 Å². The molecule has 93 heavy (non-hydrogen) atoms. The van der Waals surface area contributed by atoms with E-state index in [1.165, 1.54) is 44.5 Å². The Kier molecular flexibility index (Phi) is 16.5. The fourth-order valence-corrected chi connectivity index (χ4v) is 12.1. The summed E-state index contributed by atoms with van der Waals surface area (Å²) >= 11 is 0. The highest BCUT2D eigenvalue weighted by molar-refractivity contribution is 6.11. The molecule has 0 aliphatic rings. The number of hydrogen-bond donors (Lipinski definition) is 0. The third-order valence-electron chi connectivity index (χ3n) is 18.5. The molecular formula is C86H99N7. The van der Waals surface area contributed by atoms with Gasteiger partial charge in [0.05, 0.1) is 16.7 Å². The lowest BCUT2D eigenvalue weighted by molar-refractivity contribution is 0.568. The third kappa shape index (κ3) is 13.8. The van der Waals surface area contributed by atoms with E-state index in [2.05, 4.69) is 335 Å². The molecule has 11 rings (SSSR count). The smallest absolute Gasteiger partial charge is 0.166 e. The minimum atomic E-state index is -0.164. The van der Waals surface area contributed by atoms with Gasteiger partial charge in [0.2, 0.25) is 0 Å². The summed E-state index contributed by atoms with van der Waals surface area (Å²) in [6.45, 7) is 54.8. The van der Waals surface area contributed by atoms with Crippen molar-refractivity contribution in [2.45, 2.75) is 209 Å². The van der Waals surface area contributed by atoms with Gasteiger partial charge in [0, 0.05) is 44.2 Å². The molecule has 7 heteroatoms. The summed E-state index contributed by atoms with van der Waals surface area (Å²) < 4.78 is 2.40. The molecule has 3 aromatic heterocycles. The van der Waals surface area contributed by atoms with Crippen LogP contribution in [0.2, 0.25) is 0 Å². The van der Waals surface area contributed by atoms with Gasteiger partial charge in [0.1, 0.15) is 0 Å². The Hall–Kier alpha value is -8.42. The van der Waals surface area contributed by atoms with Gasteiger partial charge >= 0.3 is 0 Å². The fourth-order valence-electron chi connectivity index (χ4n) is 12.1. The van der Waals surface area contributed by atoms with Crippen LogP contribution in [0.4, 0.5) is 0 Å². The monoisotopic (exact) mass is 1230 g/mol. The fraction of sp³-hybridized carbons (Fsp3) is 0.372. The Bertz CT molecular complexity index is 4350. The molecule has 0 aliphatic heterocycles. The number of hydrogen-bond acceptors (Lipinski definition) is 6. The van der Waals surface area contributed by atoms with Crippen LogP contribution < -0.4 is 0 Å². The summed E-state index contributed by atoms with van der Waals surface area (Å²) in [5.74, 6) is 3.50. The van der Waals surface area contributed by atoms with Crippen LogP contribution in [0, 0.1) is 0 Å². The molecule has 0 unspecified atom stereocenters. The van der Waals surface area contributed by atoms with E-state index in [1.807, 2.05) is 0 Å². The lowest BCUT2D eigenvalue weighted by atomic mass is 9.79. The first kappa shape index (κ1) is 66.1. The van der Waals surface area contributed by atoms with Gasteiger partial charge in [0.15, 0.2) is 34.9 Å². The molecule has 0 saturated carbocycles. The molecule has 0 N–H and O–H groups in total. The second kappa shape index (κ2) is 23.2. The van der Waals surface area contributed by atoms with Crippen LogP contribution in [0.5, 0.6) is 0 Å². The van der Waals surface area contributed by atoms with Crippen molar-refractivity contribution in [3.05, 3.63) is 208 Å². The molecule has 0 radical (unpaired) electrons. The van der Waals surface area contributed by atoms with Crippen LogP contribution in [0.3, 0.4) is 0 Å². The Labute approximate surface area is 556 Å². The summed E-state index contributed by atoms with van der Waals surface area (Å²) in [7, 11) is 0. The van der Waals surface area contributed by atoms with Crippen molar-refractivity contribution in [1.29, 1.82) is 0 Å². The van der Waals surface area contributed by atoms with Gasteiger partial charge in [-0.05, 0) is 184 Å². The van der Waals surface area contributed by atoms with Crippen LogP contribution in [0.15, 0.2) is 164 Å². The van der Waals surface area contributed by atoms with Crippen LogP contribution in [-0.4, -0.2) is 34.5 Å². The molecule has 0 amide bonds.